The normalized spacial score (nSPS) is 18.3. The molecular weight excluding hydrogens is 257 g/mol. The number of hydrogen-bond donors (Lipinski definition) is 2. The molecule has 0 saturated heterocycles. The Kier molecular flexibility index (Phi) is 2.56. The highest BCUT2D eigenvalue weighted by molar-refractivity contribution is 6.31. The van der Waals surface area contributed by atoms with Crippen LogP contribution in [0.2, 0.25) is 5.02 Å². The second-order valence-electron chi connectivity index (χ2n) is 4.14. The van der Waals surface area contributed by atoms with Crippen LogP contribution < -0.4 is 5.32 Å². The Hall–Kier alpha value is -1.88. The summed E-state index contributed by atoms with van der Waals surface area (Å²) in [7, 11) is 0. The van der Waals surface area contributed by atoms with Gasteiger partial charge in [-0.25, -0.2) is 4.39 Å². The van der Waals surface area contributed by atoms with E-state index in [1.807, 2.05) is 0 Å². The van der Waals surface area contributed by atoms with E-state index in [4.69, 9.17) is 11.6 Å². The van der Waals surface area contributed by atoms with Crippen molar-refractivity contribution in [2.75, 3.05) is 5.32 Å². The van der Waals surface area contributed by atoms with Crippen LogP contribution in [-0.4, -0.2) is 16.1 Å². The number of nitrogens with zero attached hydrogens (tertiary/aromatic N) is 1. The molecule has 6 heteroatoms. The lowest BCUT2D eigenvalue weighted by Gasteiger charge is -2.23. The van der Waals surface area contributed by atoms with E-state index in [-0.39, 0.29) is 12.3 Å². The molecule has 3 rings (SSSR count). The van der Waals surface area contributed by atoms with E-state index in [0.29, 0.717) is 16.4 Å². The minimum absolute atomic E-state index is 0.160. The van der Waals surface area contributed by atoms with Gasteiger partial charge in [-0.05, 0) is 12.1 Å². The Morgan fingerprint density at radius 2 is 2.28 bits per heavy atom. The van der Waals surface area contributed by atoms with Gasteiger partial charge in [0.1, 0.15) is 11.6 Å². The van der Waals surface area contributed by atoms with Crippen molar-refractivity contribution < 1.29 is 9.18 Å². The Labute approximate surface area is 107 Å². The number of H-pyrrole nitrogens is 1. The van der Waals surface area contributed by atoms with E-state index >= 15 is 0 Å². The van der Waals surface area contributed by atoms with Crippen LogP contribution in [0.15, 0.2) is 24.4 Å². The van der Waals surface area contributed by atoms with Gasteiger partial charge in [-0.1, -0.05) is 17.7 Å². The molecule has 1 aliphatic rings. The van der Waals surface area contributed by atoms with Gasteiger partial charge in [0.25, 0.3) is 0 Å². The summed E-state index contributed by atoms with van der Waals surface area (Å²) in [6.07, 6.45) is 1.75. The third-order valence-corrected chi connectivity index (χ3v) is 3.38. The van der Waals surface area contributed by atoms with Gasteiger partial charge in [0.05, 0.1) is 6.20 Å². The molecule has 0 aliphatic carbocycles. The summed E-state index contributed by atoms with van der Waals surface area (Å²) in [5, 5.41) is 9.52. The largest absolute Gasteiger partial charge is 0.311 e. The highest BCUT2D eigenvalue weighted by Gasteiger charge is 2.31. The molecule has 0 radical (unpaired) electrons. The number of aromatic amines is 1. The maximum atomic E-state index is 13.9. The van der Waals surface area contributed by atoms with Gasteiger partial charge in [-0.3, -0.25) is 9.89 Å². The molecule has 0 bridgehead atoms. The van der Waals surface area contributed by atoms with Gasteiger partial charge >= 0.3 is 0 Å². The van der Waals surface area contributed by atoms with Crippen LogP contribution in [0.1, 0.15) is 23.5 Å². The number of hydrogen-bond acceptors (Lipinski definition) is 2. The number of nitrogens with one attached hydrogen (secondary N) is 2. The lowest BCUT2D eigenvalue weighted by molar-refractivity contribution is -0.116. The molecular formula is C12H9ClFN3O. The van der Waals surface area contributed by atoms with Crippen LogP contribution in [0.25, 0.3) is 0 Å². The summed E-state index contributed by atoms with van der Waals surface area (Å²) >= 11 is 6.04. The quantitative estimate of drug-likeness (QED) is 0.833. The zero-order valence-corrected chi connectivity index (χ0v) is 9.96. The summed E-state index contributed by atoms with van der Waals surface area (Å²) < 4.78 is 13.9. The predicted molar refractivity (Wildman–Crippen MR) is 65.1 cm³/mol. The first-order chi connectivity index (χ1) is 8.66. The number of carbonyl (C=O) groups is 1. The molecule has 1 aliphatic heterocycles. The Morgan fingerprint density at radius 3 is 3.06 bits per heavy atom. The first-order valence-corrected chi connectivity index (χ1v) is 5.81. The van der Waals surface area contributed by atoms with Gasteiger partial charge in [0.2, 0.25) is 5.91 Å². The molecule has 2 aromatic rings. The fourth-order valence-electron chi connectivity index (χ4n) is 2.25. The predicted octanol–water partition coefficient (Wildman–Crippen LogP) is 2.68. The molecule has 2 heterocycles. The van der Waals surface area contributed by atoms with Crippen molar-refractivity contribution in [3.05, 3.63) is 46.4 Å². The van der Waals surface area contributed by atoms with E-state index < -0.39 is 11.7 Å². The third kappa shape index (κ3) is 1.67. The molecule has 1 amide bonds. The van der Waals surface area contributed by atoms with E-state index in [2.05, 4.69) is 15.5 Å². The van der Waals surface area contributed by atoms with Crippen molar-refractivity contribution in [1.29, 1.82) is 0 Å². The lowest BCUT2D eigenvalue weighted by Crippen LogP contribution is -2.23. The monoisotopic (exact) mass is 265 g/mol. The van der Waals surface area contributed by atoms with Crippen molar-refractivity contribution in [3.63, 3.8) is 0 Å². The number of halogens is 2. The first-order valence-electron chi connectivity index (χ1n) is 5.44. The van der Waals surface area contributed by atoms with E-state index in [0.717, 1.165) is 5.56 Å². The van der Waals surface area contributed by atoms with Crippen LogP contribution >= 0.6 is 11.6 Å². The Balaban J connectivity index is 2.16. The minimum atomic E-state index is -0.408. The van der Waals surface area contributed by atoms with Gasteiger partial charge in [0, 0.05) is 28.5 Å². The van der Waals surface area contributed by atoms with Gasteiger partial charge < -0.3 is 5.32 Å². The number of rotatable bonds is 1. The number of fused-ring (bicyclic) bond motifs is 1. The molecule has 0 spiro atoms. The Morgan fingerprint density at radius 1 is 1.44 bits per heavy atom. The summed E-state index contributed by atoms with van der Waals surface area (Å²) in [5.41, 5.74) is 1.10. The molecule has 0 saturated carbocycles. The third-order valence-electron chi connectivity index (χ3n) is 3.05. The number of amides is 1. The number of aromatic nitrogens is 2. The van der Waals surface area contributed by atoms with Crippen LogP contribution in [0.3, 0.4) is 0 Å². The molecule has 1 aromatic heterocycles. The average molecular weight is 266 g/mol. The van der Waals surface area contributed by atoms with Crippen LogP contribution in [-0.2, 0) is 4.79 Å². The van der Waals surface area contributed by atoms with Crippen molar-refractivity contribution >= 4 is 23.3 Å². The number of benzene rings is 1. The lowest BCUT2D eigenvalue weighted by atomic mass is 9.87. The minimum Gasteiger partial charge on any atom is -0.311 e. The van der Waals surface area contributed by atoms with Crippen molar-refractivity contribution in [2.45, 2.75) is 12.3 Å². The summed E-state index contributed by atoms with van der Waals surface area (Å²) in [5.74, 6) is -0.484. The van der Waals surface area contributed by atoms with Crippen molar-refractivity contribution in [2.24, 2.45) is 0 Å². The number of carbonyl (C=O) groups excluding carboxylic acids is 1. The van der Waals surface area contributed by atoms with Gasteiger partial charge in [0.15, 0.2) is 0 Å². The second-order valence-corrected chi connectivity index (χ2v) is 4.55. The zero-order valence-electron chi connectivity index (χ0n) is 9.21. The van der Waals surface area contributed by atoms with Crippen LogP contribution in [0.4, 0.5) is 10.2 Å². The van der Waals surface area contributed by atoms with Crippen molar-refractivity contribution in [1.82, 2.24) is 10.2 Å². The first kappa shape index (κ1) is 11.2. The molecule has 1 aromatic carbocycles. The van der Waals surface area contributed by atoms with Gasteiger partial charge in [-0.2, -0.15) is 5.10 Å². The standard InChI is InChI=1S/C12H9ClFN3O/c13-8-2-1-3-9(14)11(8)6-4-10(18)16-12-7(6)5-15-17-12/h1-3,5-6H,4H2,(H2,15,16,17,18)/t6-/m1/s1. The molecule has 2 N–H and O–H groups in total. The Bertz CT molecular complexity index is 605. The summed E-state index contributed by atoms with van der Waals surface area (Å²) in [4.78, 5) is 11.6. The van der Waals surface area contributed by atoms with E-state index in [1.54, 1.807) is 18.3 Å². The highest BCUT2D eigenvalue weighted by Crippen LogP contribution is 2.39. The van der Waals surface area contributed by atoms with E-state index in [9.17, 15) is 9.18 Å². The molecule has 0 unspecified atom stereocenters. The van der Waals surface area contributed by atoms with Crippen molar-refractivity contribution in [3.8, 4) is 0 Å². The zero-order chi connectivity index (χ0) is 12.7. The maximum absolute atomic E-state index is 13.9. The average Bonchev–Trinajstić information content (AvgIpc) is 2.76. The highest BCUT2D eigenvalue weighted by atomic mass is 35.5. The molecule has 0 fully saturated rings. The molecule has 92 valence electrons. The van der Waals surface area contributed by atoms with Gasteiger partial charge in [-0.15, -0.1) is 0 Å². The topological polar surface area (TPSA) is 57.8 Å². The molecule has 1 atom stereocenters. The molecule has 4 nitrogen and oxygen atoms in total. The molecule has 18 heavy (non-hydrogen) atoms. The van der Waals surface area contributed by atoms with E-state index in [1.165, 1.54) is 6.07 Å². The summed E-state index contributed by atoms with van der Waals surface area (Å²) in [6.45, 7) is 0. The summed E-state index contributed by atoms with van der Waals surface area (Å²) in [6, 6.07) is 4.50. The van der Waals surface area contributed by atoms with Crippen LogP contribution in [0.5, 0.6) is 0 Å². The smallest absolute Gasteiger partial charge is 0.226 e. The fraction of sp³-hybridized carbons (Fsp3) is 0.167. The SMILES string of the molecule is O=C1C[C@@H](c2c(F)cccc2Cl)c2cn[nH]c2N1. The second kappa shape index (κ2) is 4.10. The van der Waals surface area contributed by atoms with Crippen LogP contribution in [0, 0.1) is 5.82 Å². The maximum Gasteiger partial charge on any atom is 0.226 e. The number of anilines is 1. The fourth-order valence-corrected chi connectivity index (χ4v) is 2.54.